The van der Waals surface area contributed by atoms with E-state index in [4.69, 9.17) is 0 Å². The van der Waals surface area contributed by atoms with E-state index in [0.29, 0.717) is 32.9 Å². The van der Waals surface area contributed by atoms with Crippen LogP contribution in [0.1, 0.15) is 0 Å². The summed E-state index contributed by atoms with van der Waals surface area (Å²) in [4.78, 5) is 11.9. The molecule has 2 amide bonds. The van der Waals surface area contributed by atoms with E-state index in [0.717, 1.165) is 32.9 Å². The third-order valence-corrected chi connectivity index (χ3v) is 13.7. The van der Waals surface area contributed by atoms with Crippen LogP contribution in [0.5, 0.6) is 0 Å². The SMILES string of the molecule is CN(c1cccc(S(=O)(=O)O)c1)S(=O)(=O)c1ccc2ccc(NC(=O)Nc3ccc4ccc(S(=O)(=O)N(C)c5cccc(S(=O)(=O)O)c5)cc4c3)cc2c1.[K].[K]. The molecule has 0 bridgehead atoms. The van der Waals surface area contributed by atoms with Gasteiger partial charge in [-0.15, -0.1) is 0 Å². The van der Waals surface area contributed by atoms with Gasteiger partial charge in [0.25, 0.3) is 40.3 Å². The van der Waals surface area contributed by atoms with Crippen LogP contribution in [-0.4, -0.2) is 166 Å². The number of sulfonamides is 2. The van der Waals surface area contributed by atoms with Gasteiger partial charge in [-0.3, -0.25) is 17.7 Å². The smallest absolute Gasteiger partial charge is 0.308 e. The first-order chi connectivity index (χ1) is 25.2. The molecule has 0 atom stereocenters. The van der Waals surface area contributed by atoms with Crippen molar-refractivity contribution in [3.8, 4) is 0 Å². The van der Waals surface area contributed by atoms with Crippen LogP contribution in [0.15, 0.2) is 141 Å². The van der Waals surface area contributed by atoms with Crippen LogP contribution < -0.4 is 19.2 Å². The average Bonchev–Trinajstić information content (AvgIpc) is 3.12. The number of nitrogens with zero attached hydrogens (tertiary/aromatic N) is 2. The van der Waals surface area contributed by atoms with Crippen molar-refractivity contribution in [2.24, 2.45) is 0 Å². The predicted octanol–water partition coefficient (Wildman–Crippen LogP) is 5.02. The maximum Gasteiger partial charge on any atom is 0.323 e. The van der Waals surface area contributed by atoms with Crippen molar-refractivity contribution >= 4 is 193 Å². The van der Waals surface area contributed by atoms with Crippen molar-refractivity contribution in [2.75, 3.05) is 33.3 Å². The first-order valence-corrected chi connectivity index (χ1v) is 21.3. The number of fused-ring (bicyclic) bond motifs is 2. The van der Waals surface area contributed by atoms with Gasteiger partial charge in [0.2, 0.25) is 0 Å². The minimum atomic E-state index is -4.57. The van der Waals surface area contributed by atoms with Crippen LogP contribution >= 0.6 is 0 Å². The molecule has 56 heavy (non-hydrogen) atoms. The monoisotopic (exact) mass is 888 g/mol. The molecular formula is C35H30K2N4O11S4. The number of anilines is 4. The Morgan fingerprint density at radius 2 is 0.821 bits per heavy atom. The minimum absolute atomic E-state index is 0. The van der Waals surface area contributed by atoms with Gasteiger partial charge in [-0.2, -0.15) is 16.8 Å². The molecule has 6 aromatic carbocycles. The second kappa shape index (κ2) is 17.9. The van der Waals surface area contributed by atoms with Gasteiger partial charge in [0.15, 0.2) is 0 Å². The molecule has 0 fully saturated rings. The van der Waals surface area contributed by atoms with Crippen LogP contribution in [0, 0.1) is 0 Å². The standard InChI is InChI=1S/C35H30N4O11S4.2K/c1-38(29-5-3-7-33(21-29)53(45,46)47)51(41,42)31-15-11-23-9-13-27(17-25(23)19-31)36-35(40)37-28-14-10-24-12-16-32(20-26(24)18-28)52(43,44)39(2)30-6-4-8-34(22-30)54(48,49)50;;/h3-22H,1-2H3,(H2,36,37,40)(H,45,46,47)(H,48,49,50);;. The Hall–Kier alpha value is -2.30. The van der Waals surface area contributed by atoms with E-state index in [9.17, 15) is 47.6 Å². The number of hydrogen-bond acceptors (Lipinski definition) is 9. The van der Waals surface area contributed by atoms with Crippen LogP contribution in [0.3, 0.4) is 0 Å². The van der Waals surface area contributed by atoms with Crippen LogP contribution in [0.2, 0.25) is 0 Å². The molecule has 0 aliphatic carbocycles. The number of urea groups is 1. The number of benzene rings is 6. The summed E-state index contributed by atoms with van der Waals surface area (Å²) in [6.07, 6.45) is 0. The van der Waals surface area contributed by atoms with E-state index in [-0.39, 0.29) is 124 Å². The number of nitrogens with one attached hydrogen (secondary N) is 2. The van der Waals surface area contributed by atoms with Crippen molar-refractivity contribution in [1.82, 2.24) is 0 Å². The van der Waals surface area contributed by atoms with Gasteiger partial charge in [0, 0.05) is 128 Å². The largest absolute Gasteiger partial charge is 0.323 e. The molecule has 0 saturated heterocycles. The summed E-state index contributed by atoms with van der Waals surface area (Å²) in [6.45, 7) is 0. The first kappa shape index (κ1) is 46.4. The summed E-state index contributed by atoms with van der Waals surface area (Å²) in [5.74, 6) is 0. The van der Waals surface area contributed by atoms with Crippen molar-refractivity contribution in [3.05, 3.63) is 121 Å². The number of amides is 2. The van der Waals surface area contributed by atoms with Crippen molar-refractivity contribution < 1.29 is 47.6 Å². The molecule has 15 nitrogen and oxygen atoms in total. The Morgan fingerprint density at radius 1 is 0.464 bits per heavy atom. The fourth-order valence-electron chi connectivity index (χ4n) is 5.49. The van der Waals surface area contributed by atoms with Crippen molar-refractivity contribution in [1.29, 1.82) is 0 Å². The number of hydrogen-bond donors (Lipinski definition) is 4. The normalized spacial score (nSPS) is 11.9. The van der Waals surface area contributed by atoms with Crippen molar-refractivity contribution in [3.63, 3.8) is 0 Å². The Labute approximate surface area is 408 Å². The summed E-state index contributed by atoms with van der Waals surface area (Å²) in [6, 6.07) is 27.4. The second-order valence-electron chi connectivity index (χ2n) is 11.9. The molecule has 21 heteroatoms. The molecule has 0 aliphatic heterocycles. The molecule has 2 radical (unpaired) electrons. The quantitative estimate of drug-likeness (QED) is 0.106. The van der Waals surface area contributed by atoms with Crippen molar-refractivity contribution in [2.45, 2.75) is 19.6 Å². The number of rotatable bonds is 10. The van der Waals surface area contributed by atoms with E-state index in [1.165, 1.54) is 62.6 Å². The molecule has 0 spiro atoms. The van der Waals surface area contributed by atoms with E-state index >= 15 is 0 Å². The third kappa shape index (κ3) is 10.3. The second-order valence-corrected chi connectivity index (χ2v) is 18.7. The summed E-state index contributed by atoms with van der Waals surface area (Å²) in [5, 5.41) is 7.62. The average molecular weight is 889 g/mol. The summed E-state index contributed by atoms with van der Waals surface area (Å²) in [7, 11) is -15.0. The molecule has 4 N–H and O–H groups in total. The fourth-order valence-corrected chi connectivity index (χ4v) is 8.98. The Bertz CT molecular complexity index is 2750. The van der Waals surface area contributed by atoms with E-state index in [1.54, 1.807) is 48.5 Å². The molecule has 0 saturated carbocycles. The molecule has 6 aromatic rings. The van der Waals surface area contributed by atoms with Gasteiger partial charge >= 0.3 is 6.03 Å². The van der Waals surface area contributed by atoms with E-state index < -0.39 is 56.1 Å². The topological polar surface area (TPSA) is 225 Å². The molecule has 6 rings (SSSR count). The molecular weight excluding hydrogens is 859 g/mol. The van der Waals surface area contributed by atoms with Crippen LogP contribution in [0.4, 0.5) is 27.5 Å². The molecule has 282 valence electrons. The van der Waals surface area contributed by atoms with Gasteiger partial charge in [0.1, 0.15) is 0 Å². The van der Waals surface area contributed by atoms with Gasteiger partial charge in [0.05, 0.1) is 31.0 Å². The number of carbonyl (C=O) groups excluding carboxylic acids is 1. The van der Waals surface area contributed by atoms with E-state index in [1.807, 2.05) is 0 Å². The zero-order valence-corrected chi connectivity index (χ0v) is 39.7. The van der Waals surface area contributed by atoms with Crippen LogP contribution in [0.25, 0.3) is 21.5 Å². The Kier molecular flexibility index (Phi) is 14.8. The molecule has 0 heterocycles. The fraction of sp³-hybridized carbons (Fsp3) is 0.0571. The molecule has 0 aliphatic rings. The Morgan fingerprint density at radius 3 is 1.18 bits per heavy atom. The summed E-state index contributed by atoms with van der Waals surface area (Å²) >= 11 is 0. The predicted molar refractivity (Wildman–Crippen MR) is 216 cm³/mol. The van der Waals surface area contributed by atoms with Gasteiger partial charge in [-0.25, -0.2) is 21.6 Å². The molecule has 0 unspecified atom stereocenters. The molecule has 0 aromatic heterocycles. The van der Waals surface area contributed by atoms with Gasteiger partial charge in [-0.1, -0.05) is 36.4 Å². The summed E-state index contributed by atoms with van der Waals surface area (Å²) in [5.41, 5.74) is 0.638. The summed E-state index contributed by atoms with van der Waals surface area (Å²) < 4.78 is 121. The van der Waals surface area contributed by atoms with Gasteiger partial charge < -0.3 is 10.6 Å². The van der Waals surface area contributed by atoms with Crippen LogP contribution in [-0.2, 0) is 40.3 Å². The number of carbonyl (C=O) groups is 1. The van der Waals surface area contributed by atoms with E-state index in [2.05, 4.69) is 10.6 Å². The minimum Gasteiger partial charge on any atom is -0.308 e. The zero-order valence-electron chi connectivity index (χ0n) is 30.1. The zero-order chi connectivity index (χ0) is 39.2. The maximum absolute atomic E-state index is 13.5. The third-order valence-electron chi connectivity index (χ3n) is 8.41. The first-order valence-electron chi connectivity index (χ1n) is 15.5. The van der Waals surface area contributed by atoms with Gasteiger partial charge in [-0.05, 0) is 106 Å². The maximum atomic E-state index is 13.5. The Balaban J connectivity index is 0.00000348.